The van der Waals surface area contributed by atoms with Gasteiger partial charge in [-0.1, -0.05) is 37.9 Å². The lowest BCUT2D eigenvalue weighted by Gasteiger charge is -2.14. The molecule has 0 bridgehead atoms. The van der Waals surface area contributed by atoms with Crippen LogP contribution in [0.3, 0.4) is 0 Å². The van der Waals surface area contributed by atoms with Crippen LogP contribution < -0.4 is 5.73 Å². The van der Waals surface area contributed by atoms with Crippen molar-refractivity contribution in [3.8, 4) is 0 Å². The van der Waals surface area contributed by atoms with E-state index in [0.29, 0.717) is 16.5 Å². The summed E-state index contributed by atoms with van der Waals surface area (Å²) in [5.74, 6) is -0.660. The minimum Gasteiger partial charge on any atom is -0.324 e. The fourth-order valence-corrected chi connectivity index (χ4v) is 2.72. The lowest BCUT2D eigenvalue weighted by atomic mass is 9.99. The molecule has 0 amide bonds. The standard InChI is InChI=1S/C14H11Br2F2N/c15-9-2-4-13(18)11(6-9)14(19)5-8-1-3-10(17)7-12(8)16/h1-4,6-7,14H,5,19H2. The lowest BCUT2D eigenvalue weighted by molar-refractivity contribution is 0.578. The normalized spacial score (nSPS) is 12.5. The second kappa shape index (κ2) is 6.11. The first kappa shape index (κ1) is 14.6. The summed E-state index contributed by atoms with van der Waals surface area (Å²) in [6.45, 7) is 0. The molecule has 0 saturated heterocycles. The maximum absolute atomic E-state index is 13.7. The monoisotopic (exact) mass is 389 g/mol. The molecule has 5 heteroatoms. The third-order valence-corrected chi connectivity index (χ3v) is 4.04. The molecule has 100 valence electrons. The molecule has 0 heterocycles. The Labute approximate surface area is 127 Å². The summed E-state index contributed by atoms with van der Waals surface area (Å²) in [6, 6.07) is 8.56. The van der Waals surface area contributed by atoms with Gasteiger partial charge < -0.3 is 5.73 Å². The van der Waals surface area contributed by atoms with E-state index in [1.807, 2.05) is 0 Å². The van der Waals surface area contributed by atoms with Crippen LogP contribution in [0, 0.1) is 11.6 Å². The van der Waals surface area contributed by atoms with Gasteiger partial charge in [-0.2, -0.15) is 0 Å². The maximum Gasteiger partial charge on any atom is 0.128 e. The zero-order valence-corrected chi connectivity index (χ0v) is 13.0. The fraction of sp³-hybridized carbons (Fsp3) is 0.143. The summed E-state index contributed by atoms with van der Waals surface area (Å²) in [5.41, 5.74) is 7.31. The van der Waals surface area contributed by atoms with Crippen molar-refractivity contribution in [3.63, 3.8) is 0 Å². The molecule has 1 unspecified atom stereocenters. The predicted molar refractivity (Wildman–Crippen MR) is 78.8 cm³/mol. The van der Waals surface area contributed by atoms with Gasteiger partial charge in [0.15, 0.2) is 0 Å². The van der Waals surface area contributed by atoms with Crippen LogP contribution in [-0.4, -0.2) is 0 Å². The first-order chi connectivity index (χ1) is 8.97. The Morgan fingerprint density at radius 2 is 1.79 bits per heavy atom. The van der Waals surface area contributed by atoms with E-state index in [-0.39, 0.29) is 11.6 Å². The van der Waals surface area contributed by atoms with Gasteiger partial charge in [0.25, 0.3) is 0 Å². The highest BCUT2D eigenvalue weighted by molar-refractivity contribution is 9.10. The van der Waals surface area contributed by atoms with E-state index in [0.717, 1.165) is 10.0 Å². The number of hydrogen-bond donors (Lipinski definition) is 1. The van der Waals surface area contributed by atoms with E-state index in [2.05, 4.69) is 31.9 Å². The van der Waals surface area contributed by atoms with Crippen molar-refractivity contribution in [2.75, 3.05) is 0 Å². The van der Waals surface area contributed by atoms with Crippen LogP contribution in [0.5, 0.6) is 0 Å². The van der Waals surface area contributed by atoms with Crippen LogP contribution in [0.2, 0.25) is 0 Å². The van der Waals surface area contributed by atoms with E-state index in [1.54, 1.807) is 18.2 Å². The third kappa shape index (κ3) is 3.61. The fourth-order valence-electron chi connectivity index (χ4n) is 1.83. The van der Waals surface area contributed by atoms with E-state index in [9.17, 15) is 8.78 Å². The molecule has 2 aromatic rings. The van der Waals surface area contributed by atoms with Crippen molar-refractivity contribution in [1.82, 2.24) is 0 Å². The summed E-state index contributed by atoms with van der Waals surface area (Å²) in [4.78, 5) is 0. The molecule has 0 spiro atoms. The van der Waals surface area contributed by atoms with E-state index in [1.165, 1.54) is 18.2 Å². The Bertz CT molecular complexity index is 602. The predicted octanol–water partition coefficient (Wildman–Crippen LogP) is 4.73. The van der Waals surface area contributed by atoms with Crippen molar-refractivity contribution in [2.45, 2.75) is 12.5 Å². The molecule has 0 aromatic heterocycles. The number of nitrogens with two attached hydrogens (primary N) is 1. The Hall–Kier alpha value is -0.780. The van der Waals surface area contributed by atoms with Gasteiger partial charge >= 0.3 is 0 Å². The maximum atomic E-state index is 13.7. The van der Waals surface area contributed by atoms with Gasteiger partial charge in [0.1, 0.15) is 11.6 Å². The number of benzene rings is 2. The smallest absolute Gasteiger partial charge is 0.128 e. The van der Waals surface area contributed by atoms with Gasteiger partial charge in [-0.05, 0) is 42.3 Å². The van der Waals surface area contributed by atoms with E-state index < -0.39 is 6.04 Å². The SMILES string of the molecule is NC(Cc1ccc(F)cc1Br)c1cc(Br)ccc1F. The molecule has 0 fully saturated rings. The Balaban J connectivity index is 2.25. The van der Waals surface area contributed by atoms with Gasteiger partial charge in [-0.3, -0.25) is 0 Å². The van der Waals surface area contributed by atoms with Crippen LogP contribution in [0.15, 0.2) is 45.3 Å². The first-order valence-corrected chi connectivity index (χ1v) is 7.20. The van der Waals surface area contributed by atoms with Crippen LogP contribution >= 0.6 is 31.9 Å². The minimum absolute atomic E-state index is 0.321. The molecule has 19 heavy (non-hydrogen) atoms. The van der Waals surface area contributed by atoms with Crippen molar-refractivity contribution in [3.05, 3.63) is 68.1 Å². The average molecular weight is 391 g/mol. The Morgan fingerprint density at radius 3 is 2.47 bits per heavy atom. The van der Waals surface area contributed by atoms with Gasteiger partial charge in [0, 0.05) is 20.6 Å². The van der Waals surface area contributed by atoms with Gasteiger partial charge in [0.2, 0.25) is 0 Å². The van der Waals surface area contributed by atoms with E-state index in [4.69, 9.17) is 5.73 Å². The number of rotatable bonds is 3. The Morgan fingerprint density at radius 1 is 1.05 bits per heavy atom. The summed E-state index contributed by atoms with van der Waals surface area (Å²) in [7, 11) is 0. The molecule has 1 nitrogen and oxygen atoms in total. The minimum atomic E-state index is -0.487. The first-order valence-electron chi connectivity index (χ1n) is 5.62. The van der Waals surface area contributed by atoms with Crippen molar-refractivity contribution in [1.29, 1.82) is 0 Å². The topological polar surface area (TPSA) is 26.0 Å². The molecule has 1 atom stereocenters. The molecular weight excluding hydrogens is 380 g/mol. The number of halogens is 4. The van der Waals surface area contributed by atoms with Crippen LogP contribution in [-0.2, 0) is 6.42 Å². The quantitative estimate of drug-likeness (QED) is 0.805. The summed E-state index contributed by atoms with van der Waals surface area (Å²) in [5, 5.41) is 0. The molecule has 2 rings (SSSR count). The van der Waals surface area contributed by atoms with Crippen LogP contribution in [0.25, 0.3) is 0 Å². The largest absolute Gasteiger partial charge is 0.324 e. The lowest BCUT2D eigenvalue weighted by Crippen LogP contribution is -2.15. The van der Waals surface area contributed by atoms with Gasteiger partial charge in [0.05, 0.1) is 0 Å². The van der Waals surface area contributed by atoms with E-state index >= 15 is 0 Å². The molecule has 2 N–H and O–H groups in total. The second-order valence-corrected chi connectivity index (χ2v) is 5.98. The van der Waals surface area contributed by atoms with Gasteiger partial charge in [-0.15, -0.1) is 0 Å². The highest BCUT2D eigenvalue weighted by atomic mass is 79.9. The van der Waals surface area contributed by atoms with Crippen LogP contribution in [0.1, 0.15) is 17.2 Å². The molecule has 0 aliphatic carbocycles. The average Bonchev–Trinajstić information content (AvgIpc) is 2.35. The zero-order valence-electron chi connectivity index (χ0n) is 9.84. The Kier molecular flexibility index (Phi) is 4.71. The molecule has 2 aromatic carbocycles. The molecular formula is C14H11Br2F2N. The number of hydrogen-bond acceptors (Lipinski definition) is 1. The van der Waals surface area contributed by atoms with Crippen molar-refractivity contribution in [2.24, 2.45) is 5.73 Å². The highest BCUT2D eigenvalue weighted by Crippen LogP contribution is 2.26. The molecule has 0 aliphatic heterocycles. The van der Waals surface area contributed by atoms with Gasteiger partial charge in [-0.25, -0.2) is 8.78 Å². The second-order valence-electron chi connectivity index (χ2n) is 4.21. The summed E-state index contributed by atoms with van der Waals surface area (Å²) in [6.07, 6.45) is 0.425. The summed E-state index contributed by atoms with van der Waals surface area (Å²) >= 11 is 6.58. The highest BCUT2D eigenvalue weighted by Gasteiger charge is 2.14. The molecule has 0 radical (unpaired) electrons. The van der Waals surface area contributed by atoms with Crippen molar-refractivity contribution >= 4 is 31.9 Å². The zero-order chi connectivity index (χ0) is 14.0. The third-order valence-electron chi connectivity index (χ3n) is 2.81. The molecule has 0 saturated carbocycles. The summed E-state index contributed by atoms with van der Waals surface area (Å²) < 4.78 is 28.1. The van der Waals surface area contributed by atoms with Crippen molar-refractivity contribution < 1.29 is 8.78 Å². The van der Waals surface area contributed by atoms with Crippen LogP contribution in [0.4, 0.5) is 8.78 Å². The molecule has 0 aliphatic rings.